The Hall–Kier alpha value is -1.66. The smallest absolute Gasteiger partial charge is 0.292 e. The molecule has 19 heavy (non-hydrogen) atoms. The highest BCUT2D eigenvalue weighted by atomic mass is 16.6. The average Bonchev–Trinajstić information content (AvgIpc) is 2.39. The summed E-state index contributed by atoms with van der Waals surface area (Å²) in [6.07, 6.45) is -0.177. The van der Waals surface area contributed by atoms with Gasteiger partial charge in [-0.05, 0) is 31.9 Å². The van der Waals surface area contributed by atoms with Crippen LogP contribution in [0.15, 0.2) is 18.2 Å². The van der Waals surface area contributed by atoms with Crippen molar-refractivity contribution in [3.05, 3.63) is 33.9 Å². The summed E-state index contributed by atoms with van der Waals surface area (Å²) < 4.78 is 0. The number of benzene rings is 1. The molecule has 2 N–H and O–H groups in total. The first-order valence-corrected chi connectivity index (χ1v) is 6.33. The maximum Gasteiger partial charge on any atom is 0.292 e. The molecule has 0 spiro atoms. The first kappa shape index (κ1) is 15.4. The van der Waals surface area contributed by atoms with Crippen molar-refractivity contribution in [1.29, 1.82) is 0 Å². The Morgan fingerprint density at radius 1 is 1.47 bits per heavy atom. The molecule has 0 amide bonds. The molecule has 106 valence electrons. The van der Waals surface area contributed by atoms with E-state index in [1.54, 1.807) is 19.1 Å². The molecule has 0 heterocycles. The maximum atomic E-state index is 11.1. The third kappa shape index (κ3) is 3.90. The van der Waals surface area contributed by atoms with Gasteiger partial charge in [-0.3, -0.25) is 10.1 Å². The predicted octanol–water partition coefficient (Wildman–Crippen LogP) is 1.86. The zero-order valence-electron chi connectivity index (χ0n) is 11.2. The highest BCUT2D eigenvalue weighted by Crippen LogP contribution is 2.31. The van der Waals surface area contributed by atoms with Crippen molar-refractivity contribution in [2.75, 3.05) is 24.6 Å². The van der Waals surface area contributed by atoms with Crippen LogP contribution >= 0.6 is 0 Å². The molecule has 0 fully saturated rings. The summed E-state index contributed by atoms with van der Waals surface area (Å²) in [5.41, 5.74) is 1.03. The van der Waals surface area contributed by atoms with E-state index in [0.717, 1.165) is 0 Å². The van der Waals surface area contributed by atoms with Crippen LogP contribution in [0.25, 0.3) is 0 Å². The van der Waals surface area contributed by atoms with Crippen LogP contribution in [0.2, 0.25) is 0 Å². The van der Waals surface area contributed by atoms with Gasteiger partial charge in [0.05, 0.1) is 11.0 Å². The summed E-state index contributed by atoms with van der Waals surface area (Å²) in [6, 6.07) is 4.75. The van der Waals surface area contributed by atoms with Crippen LogP contribution in [0.4, 0.5) is 11.4 Å². The summed E-state index contributed by atoms with van der Waals surface area (Å²) in [4.78, 5) is 12.5. The van der Waals surface area contributed by atoms with Crippen molar-refractivity contribution in [2.45, 2.75) is 26.4 Å². The van der Waals surface area contributed by atoms with Gasteiger partial charge in [-0.2, -0.15) is 0 Å². The molecule has 1 aromatic carbocycles. The molecule has 1 unspecified atom stereocenters. The van der Waals surface area contributed by atoms with E-state index in [9.17, 15) is 15.2 Å². The zero-order valence-corrected chi connectivity index (χ0v) is 11.2. The van der Waals surface area contributed by atoms with E-state index in [-0.39, 0.29) is 12.3 Å². The topological polar surface area (TPSA) is 86.8 Å². The highest BCUT2D eigenvalue weighted by Gasteiger charge is 2.20. The summed E-state index contributed by atoms with van der Waals surface area (Å²) in [7, 11) is 0. The average molecular weight is 268 g/mol. The lowest BCUT2D eigenvalue weighted by molar-refractivity contribution is -0.384. The minimum absolute atomic E-state index is 0.0156. The van der Waals surface area contributed by atoms with Gasteiger partial charge >= 0.3 is 0 Å². The van der Waals surface area contributed by atoms with Crippen molar-refractivity contribution >= 4 is 11.4 Å². The molecule has 6 nitrogen and oxygen atoms in total. The van der Waals surface area contributed by atoms with Crippen LogP contribution in [-0.2, 0) is 0 Å². The third-order valence-corrected chi connectivity index (χ3v) is 2.99. The SMILES string of the molecule is CCN(CCCO)c1ccc(C(C)O)cc1[N+](=O)[O-]. The van der Waals surface area contributed by atoms with Crippen molar-refractivity contribution < 1.29 is 15.1 Å². The monoisotopic (exact) mass is 268 g/mol. The van der Waals surface area contributed by atoms with Crippen LogP contribution in [0.5, 0.6) is 0 Å². The van der Waals surface area contributed by atoms with Gasteiger partial charge in [0, 0.05) is 25.8 Å². The Morgan fingerprint density at radius 3 is 2.63 bits per heavy atom. The number of hydrogen-bond acceptors (Lipinski definition) is 5. The minimum atomic E-state index is -0.736. The second kappa shape index (κ2) is 7.06. The van der Waals surface area contributed by atoms with Crippen LogP contribution in [0.3, 0.4) is 0 Å². The lowest BCUT2D eigenvalue weighted by Gasteiger charge is -2.23. The molecule has 1 rings (SSSR count). The Labute approximate surface area is 112 Å². The number of aliphatic hydroxyl groups excluding tert-OH is 2. The van der Waals surface area contributed by atoms with Gasteiger partial charge in [-0.1, -0.05) is 6.07 Å². The molecule has 0 saturated heterocycles. The molecule has 0 saturated carbocycles. The van der Waals surface area contributed by atoms with Crippen LogP contribution in [0, 0.1) is 10.1 Å². The molecule has 1 aromatic rings. The molecule has 0 bridgehead atoms. The molecular weight excluding hydrogens is 248 g/mol. The Bertz CT molecular complexity index is 435. The molecule has 0 aliphatic rings. The Kier molecular flexibility index (Phi) is 5.72. The molecule has 0 aliphatic carbocycles. The highest BCUT2D eigenvalue weighted by molar-refractivity contribution is 5.64. The summed E-state index contributed by atoms with van der Waals surface area (Å²) in [6.45, 7) is 4.71. The second-order valence-corrected chi connectivity index (χ2v) is 4.34. The fraction of sp³-hybridized carbons (Fsp3) is 0.538. The number of aliphatic hydroxyl groups is 2. The number of nitrogens with zero attached hydrogens (tertiary/aromatic N) is 2. The summed E-state index contributed by atoms with van der Waals surface area (Å²) >= 11 is 0. The first-order valence-electron chi connectivity index (χ1n) is 6.33. The van der Waals surface area contributed by atoms with Crippen LogP contribution < -0.4 is 4.90 Å². The van der Waals surface area contributed by atoms with Crippen LogP contribution in [-0.4, -0.2) is 34.8 Å². The van der Waals surface area contributed by atoms with E-state index in [4.69, 9.17) is 5.11 Å². The maximum absolute atomic E-state index is 11.1. The zero-order chi connectivity index (χ0) is 14.4. The molecule has 0 aliphatic heterocycles. The van der Waals surface area contributed by atoms with E-state index >= 15 is 0 Å². The fourth-order valence-corrected chi connectivity index (χ4v) is 1.92. The van der Waals surface area contributed by atoms with Gasteiger partial charge in [0.2, 0.25) is 0 Å². The Morgan fingerprint density at radius 2 is 2.16 bits per heavy atom. The molecule has 1 atom stereocenters. The standard InChI is InChI=1S/C13H20N2O4/c1-3-14(7-4-8-16)12-6-5-11(10(2)17)9-13(12)15(18)19/h5-6,9-10,16-17H,3-4,7-8H2,1-2H3. The molecule has 6 heteroatoms. The van der Waals surface area contributed by atoms with Gasteiger partial charge in [0.25, 0.3) is 5.69 Å². The van der Waals surface area contributed by atoms with Gasteiger partial charge in [0.15, 0.2) is 0 Å². The number of nitro benzene ring substituents is 1. The summed E-state index contributed by atoms with van der Waals surface area (Å²) in [5, 5.41) is 29.5. The summed E-state index contributed by atoms with van der Waals surface area (Å²) in [5.74, 6) is 0. The number of anilines is 1. The number of rotatable bonds is 7. The first-order chi connectivity index (χ1) is 9.01. The van der Waals surface area contributed by atoms with Gasteiger partial charge in [-0.15, -0.1) is 0 Å². The van der Waals surface area contributed by atoms with E-state index in [0.29, 0.717) is 30.8 Å². The van der Waals surface area contributed by atoms with Crippen LogP contribution in [0.1, 0.15) is 31.9 Å². The largest absolute Gasteiger partial charge is 0.396 e. The third-order valence-electron chi connectivity index (χ3n) is 2.99. The lowest BCUT2D eigenvalue weighted by Crippen LogP contribution is -2.25. The van der Waals surface area contributed by atoms with Crippen molar-refractivity contribution in [1.82, 2.24) is 0 Å². The van der Waals surface area contributed by atoms with E-state index in [1.807, 2.05) is 11.8 Å². The predicted molar refractivity (Wildman–Crippen MR) is 73.3 cm³/mol. The number of nitro groups is 1. The van der Waals surface area contributed by atoms with E-state index in [1.165, 1.54) is 6.07 Å². The second-order valence-electron chi connectivity index (χ2n) is 4.34. The van der Waals surface area contributed by atoms with Gasteiger partial charge < -0.3 is 15.1 Å². The quantitative estimate of drug-likeness (QED) is 0.582. The fourth-order valence-electron chi connectivity index (χ4n) is 1.92. The van der Waals surface area contributed by atoms with E-state index in [2.05, 4.69) is 0 Å². The Balaban J connectivity index is 3.14. The molecule has 0 aromatic heterocycles. The van der Waals surface area contributed by atoms with Crippen molar-refractivity contribution in [2.24, 2.45) is 0 Å². The van der Waals surface area contributed by atoms with Crippen molar-refractivity contribution in [3.63, 3.8) is 0 Å². The normalized spacial score (nSPS) is 12.2. The molecule has 0 radical (unpaired) electrons. The minimum Gasteiger partial charge on any atom is -0.396 e. The lowest BCUT2D eigenvalue weighted by atomic mass is 10.1. The number of hydrogen-bond donors (Lipinski definition) is 2. The van der Waals surface area contributed by atoms with Crippen molar-refractivity contribution in [3.8, 4) is 0 Å². The molecular formula is C13H20N2O4. The van der Waals surface area contributed by atoms with Gasteiger partial charge in [-0.25, -0.2) is 0 Å². The van der Waals surface area contributed by atoms with E-state index < -0.39 is 11.0 Å². The van der Waals surface area contributed by atoms with Gasteiger partial charge in [0.1, 0.15) is 5.69 Å².